The summed E-state index contributed by atoms with van der Waals surface area (Å²) in [6.45, 7) is 3.12. The summed E-state index contributed by atoms with van der Waals surface area (Å²) in [6, 6.07) is 7.63. The van der Waals surface area contributed by atoms with Gasteiger partial charge in [0.25, 0.3) is 0 Å². The predicted octanol–water partition coefficient (Wildman–Crippen LogP) is 2.38. The summed E-state index contributed by atoms with van der Waals surface area (Å²) in [5, 5.41) is 8.98. The number of unbranched alkanes of at least 4 members (excludes halogenated alkanes) is 1. The van der Waals surface area contributed by atoms with Gasteiger partial charge in [-0.05, 0) is 24.6 Å². The zero-order chi connectivity index (χ0) is 11.3. The molecular formula is C12H17N3. The molecule has 0 spiro atoms. The van der Waals surface area contributed by atoms with Crippen LogP contribution in [0.1, 0.15) is 25.3 Å². The first kappa shape index (κ1) is 11.4. The minimum atomic E-state index is 0.638. The van der Waals surface area contributed by atoms with Gasteiger partial charge in [0.1, 0.15) is 6.07 Å². The number of hydrogen-bond donors (Lipinski definition) is 1. The molecule has 0 saturated carbocycles. The summed E-state index contributed by atoms with van der Waals surface area (Å²) < 4.78 is 0. The molecule has 0 aliphatic rings. The second-order valence-electron chi connectivity index (χ2n) is 3.66. The predicted molar refractivity (Wildman–Crippen MR) is 63.7 cm³/mol. The summed E-state index contributed by atoms with van der Waals surface area (Å²) in [4.78, 5) is 2.10. The summed E-state index contributed by atoms with van der Waals surface area (Å²) in [6.07, 6.45) is 2.28. The fraction of sp³-hybridized carbons (Fsp3) is 0.417. The van der Waals surface area contributed by atoms with Crippen LogP contribution in [0.5, 0.6) is 0 Å². The van der Waals surface area contributed by atoms with Crippen molar-refractivity contribution >= 4 is 11.4 Å². The van der Waals surface area contributed by atoms with E-state index >= 15 is 0 Å². The lowest BCUT2D eigenvalue weighted by molar-refractivity contribution is 0.766. The van der Waals surface area contributed by atoms with E-state index in [-0.39, 0.29) is 0 Å². The maximum atomic E-state index is 8.98. The number of benzene rings is 1. The maximum Gasteiger partial charge on any atom is 0.101 e. The zero-order valence-corrected chi connectivity index (χ0v) is 9.33. The highest BCUT2D eigenvalue weighted by atomic mass is 15.1. The molecule has 2 N–H and O–H groups in total. The molecule has 0 unspecified atom stereocenters. The minimum Gasteiger partial charge on any atom is -0.399 e. The van der Waals surface area contributed by atoms with E-state index in [1.54, 1.807) is 6.07 Å². The Morgan fingerprint density at radius 2 is 2.20 bits per heavy atom. The molecule has 0 amide bonds. The third kappa shape index (κ3) is 2.88. The van der Waals surface area contributed by atoms with E-state index in [1.165, 1.54) is 0 Å². The Morgan fingerprint density at radius 1 is 1.47 bits per heavy atom. The Hall–Kier alpha value is -1.69. The van der Waals surface area contributed by atoms with Crippen molar-refractivity contribution in [3.8, 4) is 6.07 Å². The SMILES string of the molecule is CCCCN(C)c1ccc(N)cc1C#N. The van der Waals surface area contributed by atoms with Crippen LogP contribution < -0.4 is 10.6 Å². The monoisotopic (exact) mass is 203 g/mol. The van der Waals surface area contributed by atoms with Gasteiger partial charge in [-0.25, -0.2) is 0 Å². The van der Waals surface area contributed by atoms with Crippen molar-refractivity contribution in [1.29, 1.82) is 5.26 Å². The second kappa shape index (κ2) is 5.26. The van der Waals surface area contributed by atoms with Gasteiger partial charge < -0.3 is 10.6 Å². The van der Waals surface area contributed by atoms with Crippen molar-refractivity contribution in [3.05, 3.63) is 23.8 Å². The fourth-order valence-electron chi connectivity index (χ4n) is 1.49. The highest BCUT2D eigenvalue weighted by Crippen LogP contribution is 2.21. The number of hydrogen-bond acceptors (Lipinski definition) is 3. The molecule has 80 valence electrons. The summed E-state index contributed by atoms with van der Waals surface area (Å²) >= 11 is 0. The van der Waals surface area contributed by atoms with Gasteiger partial charge in [-0.15, -0.1) is 0 Å². The van der Waals surface area contributed by atoms with E-state index < -0.39 is 0 Å². The average molecular weight is 203 g/mol. The van der Waals surface area contributed by atoms with Crippen molar-refractivity contribution in [2.24, 2.45) is 0 Å². The second-order valence-corrected chi connectivity index (χ2v) is 3.66. The number of nitrogen functional groups attached to an aromatic ring is 1. The molecule has 0 aromatic heterocycles. The average Bonchev–Trinajstić information content (AvgIpc) is 2.25. The van der Waals surface area contributed by atoms with E-state index in [0.29, 0.717) is 11.3 Å². The van der Waals surface area contributed by atoms with Crippen LogP contribution in [0, 0.1) is 11.3 Å². The van der Waals surface area contributed by atoms with E-state index in [2.05, 4.69) is 17.9 Å². The molecule has 0 aliphatic heterocycles. The number of nitrogens with two attached hydrogens (primary N) is 1. The number of nitriles is 1. The molecule has 0 radical (unpaired) electrons. The van der Waals surface area contributed by atoms with Gasteiger partial charge in [0.05, 0.1) is 11.3 Å². The first-order chi connectivity index (χ1) is 7.19. The Labute approximate surface area is 91.1 Å². The number of rotatable bonds is 4. The molecule has 0 fully saturated rings. The third-order valence-corrected chi connectivity index (χ3v) is 2.40. The minimum absolute atomic E-state index is 0.638. The van der Waals surface area contributed by atoms with Crippen molar-refractivity contribution in [2.75, 3.05) is 24.2 Å². The molecule has 0 heterocycles. The van der Waals surface area contributed by atoms with Crippen molar-refractivity contribution < 1.29 is 0 Å². The molecule has 0 bridgehead atoms. The summed E-state index contributed by atoms with van der Waals surface area (Å²) in [7, 11) is 2.00. The molecule has 1 rings (SSSR count). The lowest BCUT2D eigenvalue weighted by Crippen LogP contribution is -2.19. The summed E-state index contributed by atoms with van der Waals surface area (Å²) in [5.41, 5.74) is 7.88. The Kier molecular flexibility index (Phi) is 3.99. The fourth-order valence-corrected chi connectivity index (χ4v) is 1.49. The van der Waals surface area contributed by atoms with E-state index in [1.807, 2.05) is 19.2 Å². The normalized spacial score (nSPS) is 9.67. The standard InChI is InChI=1S/C12H17N3/c1-3-4-7-15(2)12-6-5-11(14)8-10(12)9-13/h5-6,8H,3-4,7,14H2,1-2H3. The first-order valence-corrected chi connectivity index (χ1v) is 5.19. The van der Waals surface area contributed by atoms with Gasteiger partial charge in [0.15, 0.2) is 0 Å². The quantitative estimate of drug-likeness (QED) is 0.764. The maximum absolute atomic E-state index is 8.98. The number of anilines is 2. The van der Waals surface area contributed by atoms with Crippen LogP contribution in [0.25, 0.3) is 0 Å². The van der Waals surface area contributed by atoms with Crippen LogP contribution in [-0.4, -0.2) is 13.6 Å². The highest BCUT2D eigenvalue weighted by molar-refractivity contribution is 5.63. The molecule has 0 atom stereocenters. The van der Waals surface area contributed by atoms with E-state index in [4.69, 9.17) is 11.0 Å². The topological polar surface area (TPSA) is 53.0 Å². The van der Waals surface area contributed by atoms with Gasteiger partial charge in [0, 0.05) is 19.3 Å². The molecule has 0 saturated heterocycles. The van der Waals surface area contributed by atoms with Crippen LogP contribution in [0.3, 0.4) is 0 Å². The highest BCUT2D eigenvalue weighted by Gasteiger charge is 2.06. The van der Waals surface area contributed by atoms with Gasteiger partial charge in [-0.1, -0.05) is 13.3 Å². The third-order valence-electron chi connectivity index (χ3n) is 2.40. The van der Waals surface area contributed by atoms with Gasteiger partial charge in [0.2, 0.25) is 0 Å². The Balaban J connectivity index is 2.89. The zero-order valence-electron chi connectivity index (χ0n) is 9.33. The molecule has 3 nitrogen and oxygen atoms in total. The molecule has 15 heavy (non-hydrogen) atoms. The van der Waals surface area contributed by atoms with Crippen molar-refractivity contribution in [2.45, 2.75) is 19.8 Å². The Bertz CT molecular complexity index is 366. The van der Waals surface area contributed by atoms with Gasteiger partial charge >= 0.3 is 0 Å². The van der Waals surface area contributed by atoms with Crippen LogP contribution in [0.15, 0.2) is 18.2 Å². The van der Waals surface area contributed by atoms with Crippen molar-refractivity contribution in [3.63, 3.8) is 0 Å². The van der Waals surface area contributed by atoms with Crippen molar-refractivity contribution in [1.82, 2.24) is 0 Å². The molecule has 1 aromatic rings. The van der Waals surface area contributed by atoms with Gasteiger partial charge in [-0.2, -0.15) is 5.26 Å². The molecule has 0 aliphatic carbocycles. The first-order valence-electron chi connectivity index (χ1n) is 5.19. The van der Waals surface area contributed by atoms with E-state index in [9.17, 15) is 0 Å². The smallest absolute Gasteiger partial charge is 0.101 e. The van der Waals surface area contributed by atoms with Crippen LogP contribution in [0.2, 0.25) is 0 Å². The van der Waals surface area contributed by atoms with Gasteiger partial charge in [-0.3, -0.25) is 0 Å². The number of nitrogens with zero attached hydrogens (tertiary/aromatic N) is 2. The lowest BCUT2D eigenvalue weighted by atomic mass is 10.1. The lowest BCUT2D eigenvalue weighted by Gasteiger charge is -2.20. The van der Waals surface area contributed by atoms with E-state index in [0.717, 1.165) is 25.1 Å². The van der Waals surface area contributed by atoms with Crippen LogP contribution in [-0.2, 0) is 0 Å². The summed E-state index contributed by atoms with van der Waals surface area (Å²) in [5.74, 6) is 0. The molecular weight excluding hydrogens is 186 g/mol. The van der Waals surface area contributed by atoms with Crippen LogP contribution in [0.4, 0.5) is 11.4 Å². The molecule has 1 aromatic carbocycles. The largest absolute Gasteiger partial charge is 0.399 e. The Morgan fingerprint density at radius 3 is 2.80 bits per heavy atom. The molecule has 3 heteroatoms. The van der Waals surface area contributed by atoms with Crippen LogP contribution >= 0.6 is 0 Å².